The molecule has 1 aliphatic heterocycles. The second kappa shape index (κ2) is 7.07. The number of benzene rings is 1. The molecule has 1 saturated heterocycles. The molecule has 4 heteroatoms. The first-order valence-corrected chi connectivity index (χ1v) is 7.41. The van der Waals surface area contributed by atoms with Crippen molar-refractivity contribution < 1.29 is 9.84 Å². The summed E-state index contributed by atoms with van der Waals surface area (Å²) in [5, 5.41) is 9.68. The summed E-state index contributed by atoms with van der Waals surface area (Å²) in [6, 6.07) is 8.38. The maximum absolute atomic E-state index is 9.68. The highest BCUT2D eigenvalue weighted by molar-refractivity contribution is 5.30. The third kappa shape index (κ3) is 3.51. The third-order valence-corrected chi connectivity index (χ3v) is 4.40. The smallest absolute Gasteiger partial charge is 0.119 e. The van der Waals surface area contributed by atoms with Crippen molar-refractivity contribution in [1.82, 2.24) is 4.90 Å². The quantitative estimate of drug-likeness (QED) is 0.862. The van der Waals surface area contributed by atoms with Crippen molar-refractivity contribution in [2.45, 2.75) is 31.9 Å². The van der Waals surface area contributed by atoms with Crippen molar-refractivity contribution in [2.75, 3.05) is 26.7 Å². The Hall–Kier alpha value is -1.10. The molecule has 0 amide bonds. The maximum atomic E-state index is 9.68. The Morgan fingerprint density at radius 3 is 2.65 bits per heavy atom. The number of ether oxygens (including phenoxy) is 1. The molecule has 2 rings (SSSR count). The number of nitrogens with two attached hydrogens (primary N) is 1. The monoisotopic (exact) mass is 278 g/mol. The highest BCUT2D eigenvalue weighted by atomic mass is 16.5. The summed E-state index contributed by atoms with van der Waals surface area (Å²) in [5.41, 5.74) is 7.20. The van der Waals surface area contributed by atoms with Gasteiger partial charge in [-0.2, -0.15) is 0 Å². The predicted octanol–water partition coefficient (Wildman–Crippen LogP) is 1.79. The van der Waals surface area contributed by atoms with E-state index in [1.54, 1.807) is 7.11 Å². The fourth-order valence-corrected chi connectivity index (χ4v) is 3.06. The Morgan fingerprint density at radius 2 is 2.10 bits per heavy atom. The van der Waals surface area contributed by atoms with Gasteiger partial charge in [-0.05, 0) is 56.5 Å². The van der Waals surface area contributed by atoms with Gasteiger partial charge in [0.25, 0.3) is 0 Å². The number of nitrogens with zero attached hydrogens (tertiary/aromatic N) is 1. The number of aliphatic hydroxyl groups is 1. The zero-order valence-corrected chi connectivity index (χ0v) is 12.5. The first-order valence-electron chi connectivity index (χ1n) is 7.41. The van der Waals surface area contributed by atoms with E-state index in [4.69, 9.17) is 10.5 Å². The van der Waals surface area contributed by atoms with Gasteiger partial charge in [0.05, 0.1) is 13.2 Å². The molecule has 1 aliphatic rings. The van der Waals surface area contributed by atoms with Gasteiger partial charge in [-0.15, -0.1) is 0 Å². The minimum absolute atomic E-state index is 0.203. The van der Waals surface area contributed by atoms with Gasteiger partial charge in [0.15, 0.2) is 0 Å². The third-order valence-electron chi connectivity index (χ3n) is 4.40. The van der Waals surface area contributed by atoms with Crippen LogP contribution < -0.4 is 10.5 Å². The summed E-state index contributed by atoms with van der Waals surface area (Å²) in [5.74, 6) is 1.30. The van der Waals surface area contributed by atoms with E-state index in [2.05, 4.69) is 17.0 Å². The van der Waals surface area contributed by atoms with Gasteiger partial charge in [0, 0.05) is 12.6 Å². The fraction of sp³-hybridized carbons (Fsp3) is 0.625. The molecule has 3 N–H and O–H groups in total. The first kappa shape index (κ1) is 15.3. The van der Waals surface area contributed by atoms with Gasteiger partial charge < -0.3 is 15.6 Å². The number of rotatable bonds is 5. The molecule has 0 aromatic heterocycles. The van der Waals surface area contributed by atoms with E-state index in [1.807, 2.05) is 19.1 Å². The van der Waals surface area contributed by atoms with Gasteiger partial charge in [0.1, 0.15) is 5.75 Å². The number of hydrogen-bond donors (Lipinski definition) is 2. The van der Waals surface area contributed by atoms with Crippen LogP contribution in [0.25, 0.3) is 0 Å². The van der Waals surface area contributed by atoms with Crippen molar-refractivity contribution in [3.63, 3.8) is 0 Å². The normalized spacial score (nSPS) is 20.6. The lowest BCUT2D eigenvalue weighted by molar-refractivity contribution is 0.0568. The number of aliphatic hydroxyl groups excluding tert-OH is 1. The van der Waals surface area contributed by atoms with Gasteiger partial charge in [0.2, 0.25) is 0 Å². The molecule has 4 nitrogen and oxygen atoms in total. The van der Waals surface area contributed by atoms with Gasteiger partial charge in [-0.1, -0.05) is 12.1 Å². The Labute approximate surface area is 121 Å². The molecule has 1 aromatic rings. The van der Waals surface area contributed by atoms with Crippen molar-refractivity contribution in [3.8, 4) is 5.75 Å². The van der Waals surface area contributed by atoms with Crippen molar-refractivity contribution in [2.24, 2.45) is 11.7 Å². The summed E-state index contributed by atoms with van der Waals surface area (Å²) in [4.78, 5) is 2.42. The molecule has 0 spiro atoms. The summed E-state index contributed by atoms with van der Waals surface area (Å²) < 4.78 is 5.29. The van der Waals surface area contributed by atoms with E-state index in [9.17, 15) is 5.11 Å². The minimum Gasteiger partial charge on any atom is -0.497 e. The molecule has 112 valence electrons. The summed E-state index contributed by atoms with van der Waals surface area (Å²) in [6.45, 7) is 4.48. The van der Waals surface area contributed by atoms with Crippen LogP contribution in [0.3, 0.4) is 0 Å². The number of piperidine rings is 1. The SMILES string of the molecule is COc1cccc(C(CN)N2CCC(C(C)O)CC2)c1. The van der Waals surface area contributed by atoms with Crippen LogP contribution >= 0.6 is 0 Å². The van der Waals surface area contributed by atoms with Gasteiger partial charge in [-0.25, -0.2) is 0 Å². The molecule has 1 aromatic carbocycles. The van der Waals surface area contributed by atoms with Gasteiger partial charge >= 0.3 is 0 Å². The second-order valence-corrected chi connectivity index (χ2v) is 5.64. The summed E-state index contributed by atoms with van der Waals surface area (Å²) in [7, 11) is 1.69. The standard InChI is InChI=1S/C16H26N2O2/c1-12(19)13-6-8-18(9-7-13)16(11-17)14-4-3-5-15(10-14)20-2/h3-5,10,12-13,16,19H,6-9,11,17H2,1-2H3. The molecule has 0 aliphatic carbocycles. The van der Waals surface area contributed by atoms with E-state index in [0.717, 1.165) is 31.7 Å². The number of hydrogen-bond acceptors (Lipinski definition) is 4. The van der Waals surface area contributed by atoms with Crippen LogP contribution in [0.1, 0.15) is 31.4 Å². The van der Waals surface area contributed by atoms with Crippen molar-refractivity contribution in [3.05, 3.63) is 29.8 Å². The van der Waals surface area contributed by atoms with Crippen LogP contribution in [-0.2, 0) is 0 Å². The molecular formula is C16H26N2O2. The zero-order chi connectivity index (χ0) is 14.5. The Bertz CT molecular complexity index is 415. The molecular weight excluding hydrogens is 252 g/mol. The van der Waals surface area contributed by atoms with Gasteiger partial charge in [-0.3, -0.25) is 4.90 Å². The lowest BCUT2D eigenvalue weighted by Crippen LogP contribution is -2.41. The molecule has 20 heavy (non-hydrogen) atoms. The Kier molecular flexibility index (Phi) is 5.40. The summed E-state index contributed by atoms with van der Waals surface area (Å²) >= 11 is 0. The average Bonchev–Trinajstić information content (AvgIpc) is 2.49. The van der Waals surface area contributed by atoms with Crippen LogP contribution in [0.15, 0.2) is 24.3 Å². The molecule has 1 heterocycles. The van der Waals surface area contributed by atoms with E-state index in [1.165, 1.54) is 5.56 Å². The average molecular weight is 278 g/mol. The molecule has 0 bridgehead atoms. The number of likely N-dealkylation sites (tertiary alicyclic amines) is 1. The van der Waals surface area contributed by atoms with Crippen molar-refractivity contribution >= 4 is 0 Å². The molecule has 0 radical (unpaired) electrons. The molecule has 2 unspecified atom stereocenters. The zero-order valence-electron chi connectivity index (χ0n) is 12.5. The lowest BCUT2D eigenvalue weighted by atomic mass is 9.90. The van der Waals surface area contributed by atoms with Crippen LogP contribution in [0.5, 0.6) is 5.75 Å². The lowest BCUT2D eigenvalue weighted by Gasteiger charge is -2.38. The predicted molar refractivity (Wildman–Crippen MR) is 80.8 cm³/mol. The maximum Gasteiger partial charge on any atom is 0.119 e. The first-order chi connectivity index (χ1) is 9.65. The second-order valence-electron chi connectivity index (χ2n) is 5.64. The number of methoxy groups -OCH3 is 1. The van der Waals surface area contributed by atoms with Crippen LogP contribution in [0, 0.1) is 5.92 Å². The van der Waals surface area contributed by atoms with E-state index in [-0.39, 0.29) is 12.1 Å². The Balaban J connectivity index is 2.05. The van der Waals surface area contributed by atoms with Crippen LogP contribution in [0.4, 0.5) is 0 Å². The molecule has 1 fully saturated rings. The van der Waals surface area contributed by atoms with E-state index in [0.29, 0.717) is 12.5 Å². The van der Waals surface area contributed by atoms with E-state index < -0.39 is 0 Å². The van der Waals surface area contributed by atoms with E-state index >= 15 is 0 Å². The molecule has 2 atom stereocenters. The fourth-order valence-electron chi connectivity index (χ4n) is 3.06. The Morgan fingerprint density at radius 1 is 1.40 bits per heavy atom. The highest BCUT2D eigenvalue weighted by Crippen LogP contribution is 2.29. The van der Waals surface area contributed by atoms with Crippen LogP contribution in [0.2, 0.25) is 0 Å². The highest BCUT2D eigenvalue weighted by Gasteiger charge is 2.27. The minimum atomic E-state index is -0.203. The van der Waals surface area contributed by atoms with Crippen molar-refractivity contribution in [1.29, 1.82) is 0 Å². The van der Waals surface area contributed by atoms with Crippen LogP contribution in [-0.4, -0.2) is 42.9 Å². The largest absolute Gasteiger partial charge is 0.497 e. The summed E-state index contributed by atoms with van der Waals surface area (Å²) in [6.07, 6.45) is 1.88. The molecule has 0 saturated carbocycles. The topological polar surface area (TPSA) is 58.7 Å².